The first-order chi connectivity index (χ1) is 17.5. The van der Waals surface area contributed by atoms with Crippen LogP contribution < -0.4 is 14.9 Å². The highest BCUT2D eigenvalue weighted by Gasteiger charge is 2.42. The molecule has 7 heteroatoms. The van der Waals surface area contributed by atoms with E-state index in [0.717, 1.165) is 17.4 Å². The van der Waals surface area contributed by atoms with Gasteiger partial charge in [0.1, 0.15) is 29.5 Å². The number of hydrogen-bond donors (Lipinski definition) is 0. The predicted molar refractivity (Wildman–Crippen MR) is 134 cm³/mol. The van der Waals surface area contributed by atoms with Crippen molar-refractivity contribution in [2.75, 3.05) is 20.3 Å². The first-order valence-electron chi connectivity index (χ1n) is 11.5. The minimum Gasteiger partial charge on any atom is -0.497 e. The molecule has 0 spiro atoms. The first kappa shape index (κ1) is 23.4. The van der Waals surface area contributed by atoms with Gasteiger partial charge in [-0.05, 0) is 60.0 Å². The molecule has 4 aromatic rings. The molecular weight excluding hydrogens is 461 g/mol. The van der Waals surface area contributed by atoms with Crippen LogP contribution in [-0.2, 0) is 6.42 Å². The van der Waals surface area contributed by atoms with E-state index in [-0.39, 0.29) is 28.2 Å². The number of hydrogen-bond acceptors (Lipinski definition) is 5. The van der Waals surface area contributed by atoms with Gasteiger partial charge in [0.05, 0.1) is 24.1 Å². The minimum atomic E-state index is -0.707. The molecule has 5 rings (SSSR count). The monoisotopic (exact) mass is 485 g/mol. The van der Waals surface area contributed by atoms with Gasteiger partial charge >= 0.3 is 0 Å². The maximum absolute atomic E-state index is 14.0. The van der Waals surface area contributed by atoms with Gasteiger partial charge in [0.25, 0.3) is 5.91 Å². The van der Waals surface area contributed by atoms with E-state index in [2.05, 4.69) is 6.58 Å². The number of fused-ring (bicyclic) bond motifs is 2. The van der Waals surface area contributed by atoms with Gasteiger partial charge in [-0.15, -0.1) is 0 Å². The summed E-state index contributed by atoms with van der Waals surface area (Å²) in [5.41, 5.74) is 1.66. The number of amides is 1. The zero-order valence-electron chi connectivity index (χ0n) is 19.7. The fourth-order valence-corrected chi connectivity index (χ4v) is 4.54. The minimum absolute atomic E-state index is 0.0174. The standard InChI is InChI=1S/C29H24FNO5/c1-3-15-35-22-6-4-5-19(16-22)26-25-27(32)23-17-20(30)9-12-24(23)36-28(25)29(33)31(26)14-13-18-7-10-21(34-2)11-8-18/h3-12,16-17,26H,1,13-15H2,2H3/t26-/m0/s1. The summed E-state index contributed by atoms with van der Waals surface area (Å²) >= 11 is 0. The second kappa shape index (κ2) is 9.70. The van der Waals surface area contributed by atoms with Crippen molar-refractivity contribution in [1.29, 1.82) is 0 Å². The zero-order chi connectivity index (χ0) is 25.2. The molecule has 36 heavy (non-hydrogen) atoms. The Morgan fingerprint density at radius 1 is 1.06 bits per heavy atom. The lowest BCUT2D eigenvalue weighted by molar-refractivity contribution is 0.0730. The normalized spacial score (nSPS) is 14.7. The largest absolute Gasteiger partial charge is 0.497 e. The Balaban J connectivity index is 1.59. The van der Waals surface area contributed by atoms with Crippen LogP contribution in [-0.4, -0.2) is 31.1 Å². The molecule has 1 amide bonds. The average Bonchev–Trinajstić information content (AvgIpc) is 3.18. The molecule has 0 unspecified atom stereocenters. The third-order valence-electron chi connectivity index (χ3n) is 6.27. The molecule has 6 nitrogen and oxygen atoms in total. The van der Waals surface area contributed by atoms with Crippen molar-refractivity contribution in [1.82, 2.24) is 4.90 Å². The topological polar surface area (TPSA) is 69.0 Å². The number of nitrogens with zero attached hydrogens (tertiary/aromatic N) is 1. The Morgan fingerprint density at radius 2 is 1.86 bits per heavy atom. The van der Waals surface area contributed by atoms with Crippen molar-refractivity contribution in [3.63, 3.8) is 0 Å². The van der Waals surface area contributed by atoms with Crippen molar-refractivity contribution in [3.8, 4) is 11.5 Å². The number of carbonyl (C=O) groups excluding carboxylic acids is 1. The Hall–Kier alpha value is -4.39. The van der Waals surface area contributed by atoms with Crippen molar-refractivity contribution in [2.45, 2.75) is 12.5 Å². The molecule has 0 saturated carbocycles. The number of benzene rings is 3. The second-order valence-electron chi connectivity index (χ2n) is 8.49. The van der Waals surface area contributed by atoms with Gasteiger partial charge in [0.15, 0.2) is 5.43 Å². The summed E-state index contributed by atoms with van der Waals surface area (Å²) in [5, 5.41) is 0.0996. The van der Waals surface area contributed by atoms with Crippen molar-refractivity contribution < 1.29 is 23.1 Å². The van der Waals surface area contributed by atoms with Crippen LogP contribution in [0.3, 0.4) is 0 Å². The molecule has 1 aliphatic rings. The summed E-state index contributed by atoms with van der Waals surface area (Å²) in [6.45, 7) is 4.32. The van der Waals surface area contributed by atoms with E-state index in [9.17, 15) is 14.0 Å². The molecule has 0 N–H and O–H groups in total. The van der Waals surface area contributed by atoms with E-state index in [4.69, 9.17) is 13.9 Å². The molecule has 182 valence electrons. The summed E-state index contributed by atoms with van der Waals surface area (Å²) in [6, 6.07) is 17.8. The van der Waals surface area contributed by atoms with Gasteiger partial charge in [-0.3, -0.25) is 9.59 Å². The first-order valence-corrected chi connectivity index (χ1v) is 11.5. The molecule has 3 aromatic carbocycles. The maximum Gasteiger partial charge on any atom is 0.290 e. The highest BCUT2D eigenvalue weighted by molar-refractivity contribution is 5.99. The number of halogens is 1. The Labute approximate surface area is 207 Å². The predicted octanol–water partition coefficient (Wildman–Crippen LogP) is 5.29. The van der Waals surface area contributed by atoms with Gasteiger partial charge in [-0.25, -0.2) is 4.39 Å². The fourth-order valence-electron chi connectivity index (χ4n) is 4.54. The summed E-state index contributed by atoms with van der Waals surface area (Å²) in [7, 11) is 1.60. The van der Waals surface area contributed by atoms with Gasteiger partial charge in [-0.1, -0.05) is 36.9 Å². The van der Waals surface area contributed by atoms with E-state index >= 15 is 0 Å². The van der Waals surface area contributed by atoms with E-state index in [0.29, 0.717) is 30.9 Å². The van der Waals surface area contributed by atoms with Crippen LogP contribution in [0.25, 0.3) is 11.0 Å². The molecule has 1 aliphatic heterocycles. The van der Waals surface area contributed by atoms with Gasteiger partial charge in [0, 0.05) is 6.54 Å². The molecule has 0 aliphatic carbocycles. The SMILES string of the molecule is C=CCOc1cccc([C@H]2c3c(oc4ccc(F)cc4c3=O)C(=O)N2CCc2ccc(OC)cc2)c1. The van der Waals surface area contributed by atoms with Gasteiger partial charge in [0.2, 0.25) is 5.76 Å². The Morgan fingerprint density at radius 3 is 2.61 bits per heavy atom. The lowest BCUT2D eigenvalue weighted by Gasteiger charge is -2.25. The molecule has 0 saturated heterocycles. The van der Waals surface area contributed by atoms with E-state index < -0.39 is 17.3 Å². The highest BCUT2D eigenvalue weighted by atomic mass is 19.1. The number of ether oxygens (including phenoxy) is 2. The van der Waals surface area contributed by atoms with Gasteiger partial charge in [-0.2, -0.15) is 0 Å². The summed E-state index contributed by atoms with van der Waals surface area (Å²) in [6.07, 6.45) is 2.19. The quantitative estimate of drug-likeness (QED) is 0.317. The molecule has 0 bridgehead atoms. The molecule has 1 atom stereocenters. The number of rotatable bonds is 8. The lowest BCUT2D eigenvalue weighted by Crippen LogP contribution is -2.31. The van der Waals surface area contributed by atoms with Crippen molar-refractivity contribution in [2.24, 2.45) is 0 Å². The van der Waals surface area contributed by atoms with Crippen molar-refractivity contribution in [3.05, 3.63) is 118 Å². The molecule has 0 fully saturated rings. The van der Waals surface area contributed by atoms with Crippen LogP contribution in [0.4, 0.5) is 4.39 Å². The molecule has 2 heterocycles. The van der Waals surface area contributed by atoms with Crippen LogP contribution in [0, 0.1) is 5.82 Å². The second-order valence-corrected chi connectivity index (χ2v) is 8.49. The van der Waals surface area contributed by atoms with Crippen LogP contribution in [0.1, 0.15) is 33.3 Å². The van der Waals surface area contributed by atoms with E-state index in [1.807, 2.05) is 30.3 Å². The van der Waals surface area contributed by atoms with Gasteiger partial charge < -0.3 is 18.8 Å². The van der Waals surface area contributed by atoms with Crippen molar-refractivity contribution >= 4 is 16.9 Å². The van der Waals surface area contributed by atoms with Crippen LogP contribution in [0.2, 0.25) is 0 Å². The summed E-state index contributed by atoms with van der Waals surface area (Å²) < 4.78 is 30.8. The number of carbonyl (C=O) groups is 1. The maximum atomic E-state index is 14.0. The zero-order valence-corrected chi connectivity index (χ0v) is 19.7. The third kappa shape index (κ3) is 4.24. The Kier molecular flexibility index (Phi) is 6.29. The Bertz CT molecular complexity index is 1510. The lowest BCUT2D eigenvalue weighted by atomic mass is 9.98. The molecule has 0 radical (unpaired) electrons. The van der Waals surface area contributed by atoms with E-state index in [1.54, 1.807) is 36.3 Å². The van der Waals surface area contributed by atoms with Crippen LogP contribution in [0.5, 0.6) is 11.5 Å². The fraction of sp³-hybridized carbons (Fsp3) is 0.172. The average molecular weight is 486 g/mol. The van der Waals surface area contributed by atoms with Crippen LogP contribution >= 0.6 is 0 Å². The van der Waals surface area contributed by atoms with E-state index in [1.165, 1.54) is 12.1 Å². The molecular formula is C29H24FNO5. The smallest absolute Gasteiger partial charge is 0.290 e. The van der Waals surface area contributed by atoms with Crippen LogP contribution in [0.15, 0.2) is 88.6 Å². The summed E-state index contributed by atoms with van der Waals surface area (Å²) in [4.78, 5) is 28.8. The number of methoxy groups -OCH3 is 1. The third-order valence-corrected chi connectivity index (χ3v) is 6.27. The summed E-state index contributed by atoms with van der Waals surface area (Å²) in [5.74, 6) is 0.373. The highest BCUT2D eigenvalue weighted by Crippen LogP contribution is 2.39. The molecule has 1 aromatic heterocycles.